The van der Waals surface area contributed by atoms with Crippen LogP contribution in [0.25, 0.3) is 9.69 Å². The Morgan fingerprint density at radius 1 is 0.452 bits per heavy atom. The first-order chi connectivity index (χ1) is 19.5. The van der Waals surface area contributed by atoms with Crippen molar-refractivity contribution in [3.63, 3.8) is 0 Å². The molecule has 0 aliphatic carbocycles. The van der Waals surface area contributed by atoms with Crippen molar-refractivity contribution in [1.82, 2.24) is 0 Å². The summed E-state index contributed by atoms with van der Waals surface area (Å²) in [4.78, 5) is 6.54. The molecule has 0 aliphatic heterocycles. The molecule has 0 aliphatic rings. The molecular weight excluding hydrogens is 598 g/mol. The zero-order chi connectivity index (χ0) is 30.1. The molecule has 2 nitrogen and oxygen atoms in total. The van der Waals surface area contributed by atoms with Gasteiger partial charge in [0, 0.05) is 48.0 Å². The Bertz CT molecular complexity index is 1150. The van der Waals surface area contributed by atoms with E-state index in [2.05, 4.69) is 131 Å². The van der Waals surface area contributed by atoms with Gasteiger partial charge in [-0.3, -0.25) is 0 Å². The van der Waals surface area contributed by atoms with Crippen molar-refractivity contribution in [2.45, 2.75) is 59.0 Å². The van der Waals surface area contributed by atoms with E-state index in [9.17, 15) is 0 Å². The summed E-state index contributed by atoms with van der Waals surface area (Å²) in [5, 5.41) is 6.10. The Labute approximate surface area is 268 Å². The van der Waals surface area contributed by atoms with Crippen LogP contribution in [0, 0.1) is 13.1 Å². The van der Waals surface area contributed by atoms with Crippen molar-refractivity contribution in [1.29, 1.82) is 0 Å². The summed E-state index contributed by atoms with van der Waals surface area (Å²) in [5.74, 6) is 0. The van der Waals surface area contributed by atoms with Crippen LogP contribution in [0.4, 0.5) is 0 Å². The molecule has 4 aromatic carbocycles. The number of rotatable bonds is 8. The zero-order valence-electron chi connectivity index (χ0n) is 25.9. The first-order valence-electron chi connectivity index (χ1n) is 14.2. The van der Waals surface area contributed by atoms with Gasteiger partial charge < -0.3 is 9.69 Å². The van der Waals surface area contributed by atoms with Gasteiger partial charge in [0.15, 0.2) is 0 Å². The summed E-state index contributed by atoms with van der Waals surface area (Å²) < 4.78 is 0. The fourth-order valence-corrected chi connectivity index (χ4v) is 9.52. The van der Waals surface area contributed by atoms with Crippen molar-refractivity contribution in [2.24, 2.45) is 0 Å². The SMILES string of the molecule is [C-]#[N+]C(C)(C)C.[C-]#[N+]C(C)(C)C.[Cu+].c1ccc([PH+](CCC[PH+](c2ccccc2)c2ccccc2)c2ccccc2)cc1. The minimum Gasteiger partial charge on any atom is -0.311 e. The fourth-order valence-electron chi connectivity index (χ4n) is 3.91. The van der Waals surface area contributed by atoms with Gasteiger partial charge >= 0.3 is 17.1 Å². The molecule has 0 unspecified atom stereocenters. The van der Waals surface area contributed by atoms with E-state index < -0.39 is 15.8 Å². The van der Waals surface area contributed by atoms with E-state index in [4.69, 9.17) is 13.1 Å². The van der Waals surface area contributed by atoms with Crippen LogP contribution in [0.15, 0.2) is 121 Å². The molecule has 0 aromatic heterocycles. The van der Waals surface area contributed by atoms with Crippen LogP contribution >= 0.6 is 15.8 Å². The van der Waals surface area contributed by atoms with E-state index in [0.29, 0.717) is 0 Å². The average molecular weight is 644 g/mol. The maximum absolute atomic E-state index is 6.48. The Morgan fingerprint density at radius 3 is 0.810 bits per heavy atom. The molecule has 4 rings (SSSR count). The van der Waals surface area contributed by atoms with Crippen molar-refractivity contribution < 1.29 is 17.1 Å². The summed E-state index contributed by atoms with van der Waals surface area (Å²) in [6.07, 6.45) is 3.84. The molecule has 222 valence electrons. The van der Waals surface area contributed by atoms with Gasteiger partial charge in [0.25, 0.3) is 0 Å². The fraction of sp³-hybridized carbons (Fsp3) is 0.297. The van der Waals surface area contributed by atoms with E-state index in [1.165, 1.54) is 40.0 Å². The summed E-state index contributed by atoms with van der Waals surface area (Å²) >= 11 is 0. The third kappa shape index (κ3) is 14.9. The Balaban J connectivity index is 0.000000575. The molecule has 5 heteroatoms. The van der Waals surface area contributed by atoms with Crippen molar-refractivity contribution >= 4 is 37.1 Å². The quantitative estimate of drug-likeness (QED) is 0.103. The summed E-state index contributed by atoms with van der Waals surface area (Å²) in [5.41, 5.74) is -0.333. The second-order valence-corrected chi connectivity index (χ2v) is 17.1. The van der Waals surface area contributed by atoms with Crippen LogP contribution < -0.4 is 21.2 Å². The predicted octanol–water partition coefficient (Wildman–Crippen LogP) is 8.51. The van der Waals surface area contributed by atoms with Crippen LogP contribution in [0.3, 0.4) is 0 Å². The van der Waals surface area contributed by atoms with Crippen LogP contribution in [0.5, 0.6) is 0 Å². The number of hydrogen-bond acceptors (Lipinski definition) is 0. The molecule has 0 radical (unpaired) electrons. The predicted molar refractivity (Wildman–Crippen MR) is 188 cm³/mol. The molecule has 0 saturated carbocycles. The first kappa shape index (κ1) is 37.3. The third-order valence-electron chi connectivity index (χ3n) is 6.01. The van der Waals surface area contributed by atoms with E-state index >= 15 is 0 Å². The molecule has 0 amide bonds. The van der Waals surface area contributed by atoms with E-state index in [1.807, 2.05) is 41.5 Å². The van der Waals surface area contributed by atoms with Gasteiger partial charge in [0.05, 0.1) is 49.4 Å². The largest absolute Gasteiger partial charge is 1.00 e. The second kappa shape index (κ2) is 19.4. The molecule has 0 atom stereocenters. The summed E-state index contributed by atoms with van der Waals surface area (Å²) in [6.45, 7) is 24.3. The normalized spacial score (nSPS) is 10.6. The first-order valence-corrected chi connectivity index (χ1v) is 17.7. The number of benzene rings is 4. The minimum absolute atomic E-state index is 0. The summed E-state index contributed by atoms with van der Waals surface area (Å²) in [7, 11) is -1.48. The average Bonchev–Trinajstić information content (AvgIpc) is 2.99. The smallest absolute Gasteiger partial charge is 0.311 e. The Kier molecular flexibility index (Phi) is 17.2. The van der Waals surface area contributed by atoms with Gasteiger partial charge in [-0.2, -0.15) is 0 Å². The summed E-state index contributed by atoms with van der Waals surface area (Å²) in [6, 6.07) is 44.6. The van der Waals surface area contributed by atoms with Gasteiger partial charge in [0.1, 0.15) is 0 Å². The number of hydrogen-bond donors (Lipinski definition) is 0. The van der Waals surface area contributed by atoms with E-state index in [1.54, 1.807) is 0 Å². The molecule has 42 heavy (non-hydrogen) atoms. The standard InChI is InChI=1S/C27H26P2.2C5H9N.Cu/c1-5-14-24(15-6-1)28(25-16-7-2-8-17-25)22-13-23-29(26-18-9-3-10-19-26)27-20-11-4-12-21-27;2*1-5(2,3)6-4;/h1-12,14-21H,13,22-23H2;2*1-3H3;/q;;;+1/p+2. The zero-order valence-corrected chi connectivity index (χ0v) is 28.8. The maximum atomic E-state index is 6.48. The Morgan fingerprint density at radius 2 is 0.643 bits per heavy atom. The van der Waals surface area contributed by atoms with Crippen LogP contribution in [0.1, 0.15) is 48.0 Å². The van der Waals surface area contributed by atoms with Gasteiger partial charge in [-0.1, -0.05) is 72.8 Å². The van der Waals surface area contributed by atoms with Crippen LogP contribution in [-0.4, -0.2) is 23.4 Å². The molecule has 0 fully saturated rings. The topological polar surface area (TPSA) is 8.72 Å². The maximum Gasteiger partial charge on any atom is 1.00 e. The minimum atomic E-state index is -0.742. The van der Waals surface area contributed by atoms with E-state index in [0.717, 1.165) is 0 Å². The van der Waals surface area contributed by atoms with Gasteiger partial charge in [-0.25, -0.2) is 13.1 Å². The third-order valence-corrected chi connectivity index (χ3v) is 11.8. The van der Waals surface area contributed by atoms with Crippen molar-refractivity contribution in [3.8, 4) is 0 Å². The monoisotopic (exact) mass is 643 g/mol. The van der Waals surface area contributed by atoms with Gasteiger partial charge in [-0.05, 0) is 48.5 Å². The molecule has 0 bridgehead atoms. The van der Waals surface area contributed by atoms with Crippen molar-refractivity contribution in [3.05, 3.63) is 144 Å². The van der Waals surface area contributed by atoms with Gasteiger partial charge in [0.2, 0.25) is 11.1 Å². The van der Waals surface area contributed by atoms with Crippen molar-refractivity contribution in [2.75, 3.05) is 12.3 Å². The molecule has 4 aromatic rings. The second-order valence-electron chi connectivity index (χ2n) is 11.8. The molecule has 0 N–H and O–H groups in total. The Hall–Kier alpha value is -2.76. The van der Waals surface area contributed by atoms with Crippen LogP contribution in [-0.2, 0) is 17.1 Å². The van der Waals surface area contributed by atoms with Crippen LogP contribution in [0.2, 0.25) is 0 Å². The molecule has 0 heterocycles. The molecular formula is C37H46CuN2P2+3. The van der Waals surface area contributed by atoms with Gasteiger partial charge in [-0.15, -0.1) is 0 Å². The molecule has 0 spiro atoms. The number of nitrogens with zero attached hydrogens (tertiary/aromatic N) is 2. The molecule has 0 saturated heterocycles. The van der Waals surface area contributed by atoms with E-state index in [-0.39, 0.29) is 28.1 Å².